The van der Waals surface area contributed by atoms with Gasteiger partial charge in [-0.1, -0.05) is 31.2 Å². The molecule has 0 fully saturated rings. The van der Waals surface area contributed by atoms with E-state index in [0.717, 1.165) is 18.9 Å². The maximum atomic E-state index is 9.32. The van der Waals surface area contributed by atoms with Crippen molar-refractivity contribution in [2.75, 3.05) is 6.54 Å². The second kappa shape index (κ2) is 6.60. The second-order valence-corrected chi connectivity index (χ2v) is 5.11. The number of allylic oxidation sites excluding steroid dienone is 2. The lowest BCUT2D eigenvalue weighted by molar-refractivity contribution is 0.400. The van der Waals surface area contributed by atoms with Crippen LogP contribution in [-0.2, 0) is 0 Å². The Morgan fingerprint density at radius 2 is 2.06 bits per heavy atom. The van der Waals surface area contributed by atoms with E-state index in [0.29, 0.717) is 11.8 Å². The molecule has 2 N–H and O–H groups in total. The maximum absolute atomic E-state index is 9.32. The molecule has 2 nitrogen and oxygen atoms in total. The van der Waals surface area contributed by atoms with Crippen molar-refractivity contribution in [2.45, 2.75) is 38.6 Å². The number of hydrogen-bond donors (Lipinski definition) is 2. The lowest BCUT2D eigenvalue weighted by atomic mass is 9.93. The zero-order valence-electron chi connectivity index (χ0n) is 11.1. The van der Waals surface area contributed by atoms with Crippen molar-refractivity contribution in [1.29, 1.82) is 0 Å². The van der Waals surface area contributed by atoms with Crippen LogP contribution in [0.3, 0.4) is 0 Å². The fourth-order valence-electron chi connectivity index (χ4n) is 2.56. The Bertz CT molecular complexity index is 383. The molecule has 1 aromatic carbocycles. The Labute approximate surface area is 110 Å². The summed E-state index contributed by atoms with van der Waals surface area (Å²) in [5.41, 5.74) is 1.27. The maximum Gasteiger partial charge on any atom is 0.115 e. The Morgan fingerprint density at radius 1 is 1.28 bits per heavy atom. The zero-order valence-corrected chi connectivity index (χ0v) is 11.1. The molecular formula is C16H23NO. The normalized spacial score (nSPS) is 20.8. The molecule has 18 heavy (non-hydrogen) atoms. The molecule has 1 aromatic rings. The summed E-state index contributed by atoms with van der Waals surface area (Å²) in [7, 11) is 0. The van der Waals surface area contributed by atoms with Crippen LogP contribution in [0.1, 0.15) is 44.2 Å². The van der Waals surface area contributed by atoms with E-state index >= 15 is 0 Å². The second-order valence-electron chi connectivity index (χ2n) is 5.11. The van der Waals surface area contributed by atoms with Crippen molar-refractivity contribution in [3.05, 3.63) is 42.0 Å². The van der Waals surface area contributed by atoms with Gasteiger partial charge in [0.2, 0.25) is 0 Å². The van der Waals surface area contributed by atoms with E-state index in [2.05, 4.69) is 24.4 Å². The molecule has 2 atom stereocenters. The fourth-order valence-corrected chi connectivity index (χ4v) is 2.56. The number of benzene rings is 1. The minimum atomic E-state index is 0.339. The van der Waals surface area contributed by atoms with Gasteiger partial charge in [-0.25, -0.2) is 0 Å². The lowest BCUT2D eigenvalue weighted by Gasteiger charge is -2.23. The van der Waals surface area contributed by atoms with E-state index in [1.165, 1.54) is 24.8 Å². The van der Waals surface area contributed by atoms with E-state index < -0.39 is 0 Å². The van der Waals surface area contributed by atoms with Crippen molar-refractivity contribution >= 4 is 0 Å². The first kappa shape index (κ1) is 13.2. The summed E-state index contributed by atoms with van der Waals surface area (Å²) >= 11 is 0. The molecular weight excluding hydrogens is 222 g/mol. The quantitative estimate of drug-likeness (QED) is 0.774. The third kappa shape index (κ3) is 3.61. The van der Waals surface area contributed by atoms with Gasteiger partial charge in [0.15, 0.2) is 0 Å². The summed E-state index contributed by atoms with van der Waals surface area (Å²) in [5, 5.41) is 13.0. The Kier molecular flexibility index (Phi) is 4.82. The first-order chi connectivity index (χ1) is 8.79. The standard InChI is InChI=1S/C16H23NO/c1-2-16(14-8-10-15(18)11-9-14)17-12-13-6-4-3-5-7-13/h3-4,8-11,13,16-18H,2,5-7,12H2,1H3. The average Bonchev–Trinajstić information content (AvgIpc) is 2.42. The van der Waals surface area contributed by atoms with Crippen LogP contribution in [0, 0.1) is 5.92 Å². The van der Waals surface area contributed by atoms with Crippen LogP contribution in [0.2, 0.25) is 0 Å². The van der Waals surface area contributed by atoms with Gasteiger partial charge in [-0.05, 0) is 55.8 Å². The van der Waals surface area contributed by atoms with Gasteiger partial charge in [-0.3, -0.25) is 0 Å². The van der Waals surface area contributed by atoms with E-state index in [1.54, 1.807) is 12.1 Å². The molecule has 0 heterocycles. The van der Waals surface area contributed by atoms with Crippen molar-refractivity contribution in [3.8, 4) is 5.75 Å². The molecule has 1 aliphatic carbocycles. The Hall–Kier alpha value is -1.28. The van der Waals surface area contributed by atoms with Crippen LogP contribution in [0.15, 0.2) is 36.4 Å². The third-order valence-electron chi connectivity index (χ3n) is 3.73. The van der Waals surface area contributed by atoms with E-state index in [1.807, 2.05) is 12.1 Å². The molecule has 98 valence electrons. The van der Waals surface area contributed by atoms with Gasteiger partial charge in [-0.2, -0.15) is 0 Å². The number of rotatable bonds is 5. The van der Waals surface area contributed by atoms with Crippen molar-refractivity contribution in [3.63, 3.8) is 0 Å². The molecule has 0 radical (unpaired) electrons. The SMILES string of the molecule is CCC(NCC1CC=CCC1)c1ccc(O)cc1. The average molecular weight is 245 g/mol. The highest BCUT2D eigenvalue weighted by atomic mass is 16.3. The molecule has 0 saturated heterocycles. The Morgan fingerprint density at radius 3 is 2.67 bits per heavy atom. The van der Waals surface area contributed by atoms with E-state index in [-0.39, 0.29) is 0 Å². The first-order valence-corrected chi connectivity index (χ1v) is 6.97. The predicted molar refractivity (Wildman–Crippen MR) is 75.6 cm³/mol. The Balaban J connectivity index is 1.88. The van der Waals surface area contributed by atoms with Crippen LogP contribution in [-0.4, -0.2) is 11.7 Å². The van der Waals surface area contributed by atoms with Gasteiger partial charge in [0.1, 0.15) is 5.75 Å². The number of nitrogens with one attached hydrogen (secondary N) is 1. The zero-order chi connectivity index (χ0) is 12.8. The highest BCUT2D eigenvalue weighted by Gasteiger charge is 2.13. The van der Waals surface area contributed by atoms with Crippen LogP contribution in [0.4, 0.5) is 0 Å². The molecule has 2 rings (SSSR count). The summed E-state index contributed by atoms with van der Waals surface area (Å²) < 4.78 is 0. The monoisotopic (exact) mass is 245 g/mol. The highest BCUT2D eigenvalue weighted by molar-refractivity contribution is 5.27. The molecule has 0 aromatic heterocycles. The van der Waals surface area contributed by atoms with Gasteiger partial charge in [0.25, 0.3) is 0 Å². The molecule has 0 aliphatic heterocycles. The summed E-state index contributed by atoms with van der Waals surface area (Å²) in [5.74, 6) is 1.12. The molecule has 2 unspecified atom stereocenters. The van der Waals surface area contributed by atoms with Gasteiger partial charge in [0.05, 0.1) is 0 Å². The molecule has 0 bridgehead atoms. The number of phenolic OH excluding ortho intramolecular Hbond substituents is 1. The minimum absolute atomic E-state index is 0.339. The van der Waals surface area contributed by atoms with E-state index in [4.69, 9.17) is 0 Å². The predicted octanol–water partition coefficient (Wildman–Crippen LogP) is 3.79. The first-order valence-electron chi connectivity index (χ1n) is 6.97. The number of hydrogen-bond acceptors (Lipinski definition) is 2. The number of aromatic hydroxyl groups is 1. The van der Waals surface area contributed by atoms with Crippen LogP contribution in [0.5, 0.6) is 5.75 Å². The van der Waals surface area contributed by atoms with Gasteiger partial charge < -0.3 is 10.4 Å². The largest absolute Gasteiger partial charge is 0.508 e. The lowest BCUT2D eigenvalue weighted by Crippen LogP contribution is -2.27. The van der Waals surface area contributed by atoms with Crippen LogP contribution >= 0.6 is 0 Å². The molecule has 0 saturated carbocycles. The third-order valence-corrected chi connectivity index (χ3v) is 3.73. The van der Waals surface area contributed by atoms with Gasteiger partial charge in [-0.15, -0.1) is 0 Å². The van der Waals surface area contributed by atoms with E-state index in [9.17, 15) is 5.11 Å². The summed E-state index contributed by atoms with van der Waals surface area (Å²) in [4.78, 5) is 0. The summed E-state index contributed by atoms with van der Waals surface area (Å²) in [6, 6.07) is 7.96. The topological polar surface area (TPSA) is 32.3 Å². The van der Waals surface area contributed by atoms with Crippen molar-refractivity contribution in [1.82, 2.24) is 5.32 Å². The van der Waals surface area contributed by atoms with Gasteiger partial charge in [0, 0.05) is 6.04 Å². The van der Waals surface area contributed by atoms with Crippen LogP contribution in [0.25, 0.3) is 0 Å². The summed E-state index contributed by atoms with van der Waals surface area (Å²) in [6.07, 6.45) is 9.40. The molecule has 2 heteroatoms. The van der Waals surface area contributed by atoms with Gasteiger partial charge >= 0.3 is 0 Å². The number of phenols is 1. The summed E-state index contributed by atoms with van der Waals surface area (Å²) in [6.45, 7) is 3.29. The van der Waals surface area contributed by atoms with Crippen molar-refractivity contribution in [2.24, 2.45) is 5.92 Å². The van der Waals surface area contributed by atoms with Crippen LogP contribution < -0.4 is 5.32 Å². The molecule has 0 amide bonds. The van der Waals surface area contributed by atoms with Crippen molar-refractivity contribution < 1.29 is 5.11 Å². The fraction of sp³-hybridized carbons (Fsp3) is 0.500. The molecule has 0 spiro atoms. The highest BCUT2D eigenvalue weighted by Crippen LogP contribution is 2.22. The minimum Gasteiger partial charge on any atom is -0.508 e. The smallest absolute Gasteiger partial charge is 0.115 e. The molecule has 1 aliphatic rings.